The zero-order valence-corrected chi connectivity index (χ0v) is 34.8. The van der Waals surface area contributed by atoms with E-state index in [0.29, 0.717) is 38.4 Å². The van der Waals surface area contributed by atoms with E-state index in [9.17, 15) is 33.7 Å². The van der Waals surface area contributed by atoms with Gasteiger partial charge in [-0.1, -0.05) is 35.6 Å². The van der Waals surface area contributed by atoms with Crippen LogP contribution in [0.5, 0.6) is 0 Å². The number of esters is 2. The number of aliphatic hydroxyl groups excluding tert-OH is 2. The third-order valence-corrected chi connectivity index (χ3v) is 9.20. The highest BCUT2D eigenvalue weighted by Gasteiger charge is 2.24. The van der Waals surface area contributed by atoms with E-state index in [1.807, 2.05) is 61.7 Å². The van der Waals surface area contributed by atoms with Crippen molar-refractivity contribution in [2.75, 3.05) is 77.5 Å². The highest BCUT2D eigenvalue weighted by Crippen LogP contribution is 2.43. The monoisotopic (exact) mass is 879 g/mol. The van der Waals surface area contributed by atoms with Gasteiger partial charge in [0.15, 0.2) is 6.10 Å². The molecule has 22 heteroatoms. The molecule has 0 amide bonds. The van der Waals surface area contributed by atoms with Gasteiger partial charge in [0.05, 0.1) is 52.4 Å². The number of anilines is 1. The number of benzene rings is 1. The molecule has 3 rings (SSSR count). The van der Waals surface area contributed by atoms with Crippen LogP contribution in [0.3, 0.4) is 0 Å². The van der Waals surface area contributed by atoms with Gasteiger partial charge < -0.3 is 48.4 Å². The Hall–Kier alpha value is -5.12. The zero-order chi connectivity index (χ0) is 44.1. The quantitative estimate of drug-likeness (QED) is 0.0255. The van der Waals surface area contributed by atoms with Crippen LogP contribution in [0.15, 0.2) is 48.8 Å². The fraction of sp³-hybridized carbons (Fsp3) is 0.513. The molecule has 0 fully saturated rings. The molecule has 0 aliphatic rings. The summed E-state index contributed by atoms with van der Waals surface area (Å²) in [5.41, 5.74) is 4.39. The molecule has 336 valence electrons. The van der Waals surface area contributed by atoms with Crippen molar-refractivity contribution in [2.24, 2.45) is 0 Å². The number of aryl methyl sites for hydroxylation is 1. The maximum atomic E-state index is 12.3. The summed E-state index contributed by atoms with van der Waals surface area (Å²) in [6, 6.07) is 12.0. The number of hydrogen-bond acceptors (Lipinski definition) is 19. The molecule has 0 aliphatic heterocycles. The highest BCUT2D eigenvalue weighted by atomic mass is 31.2. The molecule has 2 heterocycles. The van der Waals surface area contributed by atoms with Crippen LogP contribution in [0.25, 0.3) is 12.2 Å². The van der Waals surface area contributed by atoms with Gasteiger partial charge >= 0.3 is 19.8 Å². The molecule has 0 saturated heterocycles. The lowest BCUT2D eigenvalue weighted by Crippen LogP contribution is -2.32. The summed E-state index contributed by atoms with van der Waals surface area (Å²) in [7, 11) is -4.53. The van der Waals surface area contributed by atoms with Crippen molar-refractivity contribution < 1.29 is 76.3 Å². The molecular formula is C39H54N5O16P. The summed E-state index contributed by atoms with van der Waals surface area (Å²) in [5.74, 6) is -1.03. The predicted molar refractivity (Wildman–Crippen MR) is 215 cm³/mol. The first-order valence-corrected chi connectivity index (χ1v) is 20.9. The fourth-order valence-corrected chi connectivity index (χ4v) is 5.81. The first-order chi connectivity index (χ1) is 29.5. The minimum absolute atomic E-state index is 0.0187. The third kappa shape index (κ3) is 22.3. The maximum absolute atomic E-state index is 12.3. The molecule has 3 N–H and O–H groups in total. The van der Waals surface area contributed by atoms with Crippen LogP contribution in [0.1, 0.15) is 48.2 Å². The van der Waals surface area contributed by atoms with Gasteiger partial charge in [0.25, 0.3) is 12.9 Å². The molecular weight excluding hydrogens is 825 g/mol. The van der Waals surface area contributed by atoms with E-state index >= 15 is 0 Å². The van der Waals surface area contributed by atoms with Gasteiger partial charge in [0.1, 0.15) is 31.6 Å². The summed E-state index contributed by atoms with van der Waals surface area (Å²) >= 11 is 0. The summed E-state index contributed by atoms with van der Waals surface area (Å²) in [6.45, 7) is 2.54. The van der Waals surface area contributed by atoms with Gasteiger partial charge in [0.2, 0.25) is 0 Å². The summed E-state index contributed by atoms with van der Waals surface area (Å²) < 4.78 is 53.4. The molecule has 3 atom stereocenters. The van der Waals surface area contributed by atoms with Crippen molar-refractivity contribution in [1.82, 2.24) is 20.0 Å². The van der Waals surface area contributed by atoms with E-state index < -0.39 is 38.6 Å². The van der Waals surface area contributed by atoms with Crippen LogP contribution < -0.4 is 4.90 Å². The Morgan fingerprint density at radius 3 is 2.31 bits per heavy atom. The van der Waals surface area contributed by atoms with Crippen LogP contribution in [0.4, 0.5) is 5.69 Å². The smallest absolute Gasteiger partial charge is 0.464 e. The van der Waals surface area contributed by atoms with E-state index in [4.69, 9.17) is 33.1 Å². The Morgan fingerprint density at radius 2 is 1.59 bits per heavy atom. The zero-order valence-electron chi connectivity index (χ0n) is 33.9. The van der Waals surface area contributed by atoms with Gasteiger partial charge in [-0.2, -0.15) is 0 Å². The normalized spacial score (nSPS) is 13.2. The second-order valence-electron chi connectivity index (χ2n) is 13.1. The number of carbonyl (C=O) groups is 4. The first kappa shape index (κ1) is 50.2. The second kappa shape index (κ2) is 29.2. The summed E-state index contributed by atoms with van der Waals surface area (Å²) in [6.07, 6.45) is 5.86. The topological polar surface area (TPSA) is 267 Å². The lowest BCUT2D eigenvalue weighted by molar-refractivity contribution is -0.145. The van der Waals surface area contributed by atoms with E-state index in [1.165, 1.54) is 0 Å². The van der Waals surface area contributed by atoms with Crippen LogP contribution in [-0.2, 0) is 74.4 Å². The lowest BCUT2D eigenvalue weighted by Gasteiger charge is -2.25. The van der Waals surface area contributed by atoms with Crippen LogP contribution in [0, 0.1) is 6.92 Å². The minimum Gasteiger partial charge on any atom is -0.464 e. The van der Waals surface area contributed by atoms with Gasteiger partial charge in [-0.05, 0) is 49.1 Å². The number of phosphoric ester groups is 1. The van der Waals surface area contributed by atoms with Gasteiger partial charge in [0, 0.05) is 50.1 Å². The molecule has 0 aliphatic carbocycles. The molecule has 0 bridgehead atoms. The molecule has 0 spiro atoms. The number of nitrogens with zero attached hydrogens (tertiary/aromatic N) is 5. The maximum Gasteiger partial charge on any atom is 0.472 e. The average molecular weight is 880 g/mol. The SMILES string of the molecule is Cc1ccc(/C=C/c2ccc(N(CCOCC(O)CO)CCn3cc(COC(=O)CCCOCCOC(=O)CCCOP(=O)(O)OCC(COC=O)OC=O)nn3)cc2)cn1. The molecule has 21 nitrogen and oxygen atoms in total. The molecule has 2 aromatic heterocycles. The van der Waals surface area contributed by atoms with Crippen molar-refractivity contribution in [1.29, 1.82) is 0 Å². The molecule has 1 aromatic carbocycles. The van der Waals surface area contributed by atoms with Crippen molar-refractivity contribution in [2.45, 2.75) is 58.0 Å². The van der Waals surface area contributed by atoms with Crippen LogP contribution >= 0.6 is 7.82 Å². The average Bonchev–Trinajstić information content (AvgIpc) is 3.72. The van der Waals surface area contributed by atoms with Gasteiger partial charge in [-0.25, -0.2) is 4.57 Å². The van der Waals surface area contributed by atoms with Crippen molar-refractivity contribution in [3.63, 3.8) is 0 Å². The Kier molecular flexibility index (Phi) is 24.0. The van der Waals surface area contributed by atoms with Gasteiger partial charge in [-0.15, -0.1) is 5.10 Å². The minimum atomic E-state index is -4.53. The van der Waals surface area contributed by atoms with Crippen LogP contribution in [-0.4, -0.2) is 145 Å². The molecule has 3 unspecified atom stereocenters. The first-order valence-electron chi connectivity index (χ1n) is 19.4. The summed E-state index contributed by atoms with van der Waals surface area (Å²) in [5, 5.41) is 27.0. The number of aromatic nitrogens is 4. The summed E-state index contributed by atoms with van der Waals surface area (Å²) in [4.78, 5) is 61.0. The third-order valence-electron chi connectivity index (χ3n) is 8.22. The molecule has 0 radical (unpaired) electrons. The Morgan fingerprint density at radius 1 is 0.852 bits per heavy atom. The predicted octanol–water partition coefficient (Wildman–Crippen LogP) is 2.04. The second-order valence-corrected chi connectivity index (χ2v) is 14.6. The number of pyridine rings is 1. The van der Waals surface area contributed by atoms with E-state index in [0.717, 1.165) is 22.5 Å². The Labute approximate surface area is 353 Å². The largest absolute Gasteiger partial charge is 0.472 e. The van der Waals surface area contributed by atoms with Crippen molar-refractivity contribution in [3.8, 4) is 0 Å². The number of ether oxygens (including phenoxy) is 6. The van der Waals surface area contributed by atoms with Crippen molar-refractivity contribution in [3.05, 3.63) is 71.3 Å². The number of hydrogen-bond donors (Lipinski definition) is 3. The highest BCUT2D eigenvalue weighted by molar-refractivity contribution is 7.47. The molecule has 61 heavy (non-hydrogen) atoms. The van der Waals surface area contributed by atoms with E-state index in [1.54, 1.807) is 10.9 Å². The Bertz CT molecular complexity index is 1800. The van der Waals surface area contributed by atoms with Crippen LogP contribution in [0.2, 0.25) is 0 Å². The number of aliphatic hydroxyl groups is 2. The standard InChI is InChI=1S/C39H54N5O16P/c1-31-6-7-33(22-40-31)9-8-32-10-12-35(13-11-32)43(16-19-54-26-36(48)24-45)14-15-44-23-34(41-42-44)25-57-39(50)4-2-17-53-20-21-56-38(49)5-3-18-59-61(51,52)60-28-37(58-30-47)27-55-29-46/h6-13,22-23,29-30,36-37,45,48H,2-5,14-21,24-28H2,1H3,(H,51,52)/b9-8+. The number of phosphoric acid groups is 1. The molecule has 0 saturated carbocycles. The lowest BCUT2D eigenvalue weighted by atomic mass is 10.1. The van der Waals surface area contributed by atoms with Crippen molar-refractivity contribution >= 4 is 50.5 Å². The van der Waals surface area contributed by atoms with E-state index in [-0.39, 0.29) is 85.1 Å². The fourth-order valence-electron chi connectivity index (χ4n) is 5.02. The number of rotatable bonds is 34. The molecule has 3 aromatic rings. The number of carbonyl (C=O) groups excluding carboxylic acids is 4. The van der Waals surface area contributed by atoms with Gasteiger partial charge in [-0.3, -0.25) is 37.9 Å². The Balaban J connectivity index is 1.29. The van der Waals surface area contributed by atoms with E-state index in [2.05, 4.69) is 29.7 Å².